The fraction of sp³-hybridized carbons (Fsp3) is 0.267. The van der Waals surface area contributed by atoms with E-state index >= 15 is 0 Å². The zero-order valence-electron chi connectivity index (χ0n) is 11.4. The van der Waals surface area contributed by atoms with Crippen molar-refractivity contribution in [3.05, 3.63) is 52.6 Å². The van der Waals surface area contributed by atoms with Crippen molar-refractivity contribution in [2.24, 2.45) is 0 Å². The molecule has 0 saturated carbocycles. The highest BCUT2D eigenvalue weighted by Crippen LogP contribution is 2.30. The first-order chi connectivity index (χ1) is 9.61. The summed E-state index contributed by atoms with van der Waals surface area (Å²) in [6.07, 6.45) is 1.73. The van der Waals surface area contributed by atoms with Crippen molar-refractivity contribution < 1.29 is 9.13 Å². The lowest BCUT2D eigenvalue weighted by atomic mass is 10.2. The highest BCUT2D eigenvalue weighted by molar-refractivity contribution is 6.30. The fourth-order valence-corrected chi connectivity index (χ4v) is 1.90. The standard InChI is InChI=1S/C15H16ClFN2O/c1-3-18-8-11-9-19-10(2)7-14(11)20-13-6-4-5-12(16)15(13)17/h4-7,9,18H,3,8H2,1-2H3. The van der Waals surface area contributed by atoms with Crippen molar-refractivity contribution in [3.63, 3.8) is 0 Å². The summed E-state index contributed by atoms with van der Waals surface area (Å²) in [7, 11) is 0. The van der Waals surface area contributed by atoms with Gasteiger partial charge in [-0.3, -0.25) is 4.98 Å². The third-order valence-corrected chi connectivity index (χ3v) is 3.07. The minimum Gasteiger partial charge on any atom is -0.454 e. The lowest BCUT2D eigenvalue weighted by Gasteiger charge is -2.13. The minimum absolute atomic E-state index is 0.0431. The molecule has 106 valence electrons. The molecule has 0 fully saturated rings. The number of benzene rings is 1. The van der Waals surface area contributed by atoms with Crippen LogP contribution in [0.3, 0.4) is 0 Å². The van der Waals surface area contributed by atoms with Crippen LogP contribution in [0.4, 0.5) is 4.39 Å². The number of hydrogen-bond donors (Lipinski definition) is 1. The molecule has 3 nitrogen and oxygen atoms in total. The van der Waals surface area contributed by atoms with E-state index in [1.165, 1.54) is 6.07 Å². The number of hydrogen-bond acceptors (Lipinski definition) is 3. The van der Waals surface area contributed by atoms with Crippen molar-refractivity contribution in [2.45, 2.75) is 20.4 Å². The predicted molar refractivity (Wildman–Crippen MR) is 77.8 cm³/mol. The molecular formula is C15H16ClFN2O. The maximum Gasteiger partial charge on any atom is 0.184 e. The van der Waals surface area contributed by atoms with E-state index in [2.05, 4.69) is 10.3 Å². The van der Waals surface area contributed by atoms with Crippen molar-refractivity contribution in [2.75, 3.05) is 6.54 Å². The van der Waals surface area contributed by atoms with E-state index in [-0.39, 0.29) is 10.8 Å². The lowest BCUT2D eigenvalue weighted by molar-refractivity contribution is 0.435. The number of nitrogens with zero attached hydrogens (tertiary/aromatic N) is 1. The average molecular weight is 295 g/mol. The van der Waals surface area contributed by atoms with E-state index in [0.717, 1.165) is 17.8 Å². The van der Waals surface area contributed by atoms with Gasteiger partial charge in [-0.05, 0) is 25.6 Å². The monoisotopic (exact) mass is 294 g/mol. The molecule has 1 aromatic heterocycles. The molecule has 0 aliphatic heterocycles. The zero-order chi connectivity index (χ0) is 14.5. The zero-order valence-corrected chi connectivity index (χ0v) is 12.2. The Labute approximate surface area is 122 Å². The first-order valence-electron chi connectivity index (χ1n) is 6.40. The molecule has 0 amide bonds. The van der Waals surface area contributed by atoms with E-state index in [4.69, 9.17) is 16.3 Å². The summed E-state index contributed by atoms with van der Waals surface area (Å²) in [5.41, 5.74) is 1.68. The van der Waals surface area contributed by atoms with Crippen LogP contribution in [-0.4, -0.2) is 11.5 Å². The number of halogens is 2. The number of aromatic nitrogens is 1. The van der Waals surface area contributed by atoms with Gasteiger partial charge in [0.2, 0.25) is 0 Å². The van der Waals surface area contributed by atoms with Gasteiger partial charge < -0.3 is 10.1 Å². The summed E-state index contributed by atoms with van der Waals surface area (Å²) >= 11 is 5.76. The Morgan fingerprint density at radius 3 is 2.90 bits per heavy atom. The van der Waals surface area contributed by atoms with E-state index in [1.807, 2.05) is 13.8 Å². The van der Waals surface area contributed by atoms with Crippen LogP contribution < -0.4 is 10.1 Å². The van der Waals surface area contributed by atoms with Gasteiger partial charge in [0.15, 0.2) is 11.6 Å². The number of nitrogens with one attached hydrogen (secondary N) is 1. The van der Waals surface area contributed by atoms with Gasteiger partial charge in [-0.15, -0.1) is 0 Å². The normalized spacial score (nSPS) is 10.6. The van der Waals surface area contributed by atoms with Crippen LogP contribution in [0.1, 0.15) is 18.2 Å². The van der Waals surface area contributed by atoms with Crippen LogP contribution in [0.2, 0.25) is 5.02 Å². The number of ether oxygens (including phenoxy) is 1. The molecule has 1 heterocycles. The molecule has 0 aliphatic rings. The first-order valence-corrected chi connectivity index (χ1v) is 6.77. The van der Waals surface area contributed by atoms with Gasteiger partial charge in [-0.2, -0.15) is 0 Å². The second kappa shape index (κ2) is 6.68. The van der Waals surface area contributed by atoms with E-state index in [9.17, 15) is 4.39 Å². The first kappa shape index (κ1) is 14.8. The van der Waals surface area contributed by atoms with Gasteiger partial charge in [0.1, 0.15) is 5.75 Å². The second-order valence-electron chi connectivity index (χ2n) is 4.37. The van der Waals surface area contributed by atoms with Gasteiger partial charge in [-0.1, -0.05) is 24.6 Å². The molecule has 1 aromatic carbocycles. The molecule has 0 radical (unpaired) electrons. The number of rotatable bonds is 5. The van der Waals surface area contributed by atoms with Crippen LogP contribution in [-0.2, 0) is 6.54 Å². The highest BCUT2D eigenvalue weighted by atomic mass is 35.5. The molecule has 5 heteroatoms. The predicted octanol–water partition coefficient (Wildman–Crippen LogP) is 4.08. The topological polar surface area (TPSA) is 34.2 Å². The molecule has 0 unspecified atom stereocenters. The largest absolute Gasteiger partial charge is 0.454 e. The second-order valence-corrected chi connectivity index (χ2v) is 4.77. The molecule has 0 saturated heterocycles. The Morgan fingerprint density at radius 1 is 1.35 bits per heavy atom. The Morgan fingerprint density at radius 2 is 2.15 bits per heavy atom. The molecule has 20 heavy (non-hydrogen) atoms. The highest BCUT2D eigenvalue weighted by Gasteiger charge is 2.11. The van der Waals surface area contributed by atoms with Crippen molar-refractivity contribution in [3.8, 4) is 11.5 Å². The Hall–Kier alpha value is -1.65. The summed E-state index contributed by atoms with van der Waals surface area (Å²) < 4.78 is 19.5. The maximum absolute atomic E-state index is 13.9. The average Bonchev–Trinajstić information content (AvgIpc) is 2.43. The molecule has 1 N–H and O–H groups in total. The smallest absolute Gasteiger partial charge is 0.184 e. The van der Waals surface area contributed by atoms with Crippen LogP contribution in [0.25, 0.3) is 0 Å². The molecule has 0 atom stereocenters. The summed E-state index contributed by atoms with van der Waals surface area (Å²) in [6.45, 7) is 5.32. The van der Waals surface area contributed by atoms with Crippen LogP contribution in [0.5, 0.6) is 11.5 Å². The number of pyridine rings is 1. The minimum atomic E-state index is -0.557. The molecule has 0 aliphatic carbocycles. The van der Waals surface area contributed by atoms with Crippen LogP contribution in [0, 0.1) is 12.7 Å². The third kappa shape index (κ3) is 3.46. The Bertz CT molecular complexity index is 604. The fourth-order valence-electron chi connectivity index (χ4n) is 1.73. The molecule has 2 aromatic rings. The Balaban J connectivity index is 2.31. The van der Waals surface area contributed by atoms with Gasteiger partial charge >= 0.3 is 0 Å². The third-order valence-electron chi connectivity index (χ3n) is 2.78. The number of aryl methyl sites for hydroxylation is 1. The Kier molecular flexibility index (Phi) is 4.93. The maximum atomic E-state index is 13.9. The lowest BCUT2D eigenvalue weighted by Crippen LogP contribution is -2.13. The van der Waals surface area contributed by atoms with Crippen molar-refractivity contribution in [1.29, 1.82) is 0 Å². The van der Waals surface area contributed by atoms with E-state index in [1.54, 1.807) is 24.4 Å². The molecule has 0 spiro atoms. The molecule has 0 bridgehead atoms. The SMILES string of the molecule is CCNCc1cnc(C)cc1Oc1cccc(Cl)c1F. The molecule has 2 rings (SSSR count). The van der Waals surface area contributed by atoms with E-state index < -0.39 is 5.82 Å². The van der Waals surface area contributed by atoms with Crippen LogP contribution in [0.15, 0.2) is 30.5 Å². The summed E-state index contributed by atoms with van der Waals surface area (Å²) in [6, 6.07) is 6.47. The van der Waals surface area contributed by atoms with Crippen molar-refractivity contribution >= 4 is 11.6 Å². The summed E-state index contributed by atoms with van der Waals surface area (Å²) in [5.74, 6) is 0.137. The van der Waals surface area contributed by atoms with Crippen molar-refractivity contribution in [1.82, 2.24) is 10.3 Å². The van der Waals surface area contributed by atoms with Gasteiger partial charge in [0.25, 0.3) is 0 Å². The summed E-state index contributed by atoms with van der Waals surface area (Å²) in [5, 5.41) is 3.24. The van der Waals surface area contributed by atoms with Gasteiger partial charge in [0.05, 0.1) is 5.02 Å². The van der Waals surface area contributed by atoms with Crippen LogP contribution >= 0.6 is 11.6 Å². The molecular weight excluding hydrogens is 279 g/mol. The van der Waals surface area contributed by atoms with E-state index in [0.29, 0.717) is 12.3 Å². The quantitative estimate of drug-likeness (QED) is 0.902. The van der Waals surface area contributed by atoms with Gasteiger partial charge in [-0.25, -0.2) is 4.39 Å². The summed E-state index contributed by atoms with van der Waals surface area (Å²) in [4.78, 5) is 4.23. The van der Waals surface area contributed by atoms with Gasteiger partial charge in [0, 0.05) is 30.1 Å².